The van der Waals surface area contributed by atoms with Crippen LogP contribution in [0.3, 0.4) is 0 Å². The van der Waals surface area contributed by atoms with E-state index < -0.39 is 0 Å². The van der Waals surface area contributed by atoms with Crippen molar-refractivity contribution in [1.82, 2.24) is 29.8 Å². The molecule has 5 rings (SSSR count). The minimum atomic E-state index is -0.380. The lowest BCUT2D eigenvalue weighted by Crippen LogP contribution is -2.42. The van der Waals surface area contributed by atoms with Gasteiger partial charge in [-0.3, -0.25) is 14.1 Å². The highest BCUT2D eigenvalue weighted by atomic mass is 16.1. The van der Waals surface area contributed by atoms with Crippen molar-refractivity contribution in [1.29, 1.82) is 0 Å². The number of H-pyrrole nitrogens is 1. The number of nitrogens with one attached hydrogen (secondary N) is 1. The predicted octanol–water partition coefficient (Wildman–Crippen LogP) is 4.32. The van der Waals surface area contributed by atoms with Crippen LogP contribution in [0.5, 0.6) is 0 Å². The minimum Gasteiger partial charge on any atom is -0.295 e. The van der Waals surface area contributed by atoms with Gasteiger partial charge in [0, 0.05) is 47.9 Å². The minimum absolute atomic E-state index is 0.110. The van der Waals surface area contributed by atoms with Crippen molar-refractivity contribution in [3.05, 3.63) is 64.5 Å². The van der Waals surface area contributed by atoms with Crippen molar-refractivity contribution in [2.75, 3.05) is 0 Å². The summed E-state index contributed by atoms with van der Waals surface area (Å²) in [6.45, 7) is 7.28. The molecule has 3 aromatic rings. The summed E-state index contributed by atoms with van der Waals surface area (Å²) < 4.78 is 4.05. The van der Waals surface area contributed by atoms with Gasteiger partial charge in [-0.15, -0.1) is 10.2 Å². The molecule has 3 heterocycles. The highest BCUT2D eigenvalue weighted by Crippen LogP contribution is 2.43. The molecular weight excluding hydrogens is 426 g/mol. The molecular formula is C26H33N7O. The molecule has 0 bridgehead atoms. The standard InChI is InChI=1S/C26H33N7O/c1-4-5-9-22-16-32(23-18(2)14-19(23)3)25(34)33(22)17-26(10-12-27-13-11-26)21-8-6-7-20(15-21)24-28-30-31-29-24/h6-8,10,12-13,15-16,18-19,23H,4-5,9,11,14,17H2,1-3H3,(H,28,29,30,31). The molecule has 0 amide bonds. The van der Waals surface area contributed by atoms with Gasteiger partial charge < -0.3 is 0 Å². The Morgan fingerprint density at radius 2 is 2.09 bits per heavy atom. The van der Waals surface area contributed by atoms with Gasteiger partial charge in [-0.2, -0.15) is 5.21 Å². The van der Waals surface area contributed by atoms with Crippen LogP contribution in [-0.2, 0) is 18.4 Å². The first-order valence-corrected chi connectivity index (χ1v) is 12.4. The summed E-state index contributed by atoms with van der Waals surface area (Å²) in [5, 5.41) is 14.5. The number of allylic oxidation sites excluding steroid dienone is 1. The van der Waals surface area contributed by atoms with Crippen LogP contribution in [0, 0.1) is 11.8 Å². The van der Waals surface area contributed by atoms with Crippen LogP contribution in [0.2, 0.25) is 0 Å². The maximum absolute atomic E-state index is 13.8. The smallest absolute Gasteiger partial charge is 0.295 e. The van der Waals surface area contributed by atoms with Crippen molar-refractivity contribution in [3.8, 4) is 11.4 Å². The molecule has 178 valence electrons. The molecule has 0 radical (unpaired) electrons. The van der Waals surface area contributed by atoms with Gasteiger partial charge in [0.25, 0.3) is 0 Å². The third-order valence-electron chi connectivity index (χ3n) is 7.63. The van der Waals surface area contributed by atoms with E-state index in [9.17, 15) is 4.79 Å². The second-order valence-electron chi connectivity index (χ2n) is 10.0. The number of imidazole rings is 1. The van der Waals surface area contributed by atoms with E-state index in [0.717, 1.165) is 42.5 Å². The Labute approximate surface area is 199 Å². The number of benzene rings is 1. The van der Waals surface area contributed by atoms with E-state index in [1.807, 2.05) is 33.7 Å². The number of tetrazole rings is 1. The summed E-state index contributed by atoms with van der Waals surface area (Å²) in [4.78, 5) is 18.2. The molecule has 3 unspecified atom stereocenters. The molecule has 2 aliphatic rings. The SMILES string of the molecule is CCCCc1cn(C2C(C)CC2C)c(=O)n1CC1(c2cccc(-c3nn[nH]n3)c2)C=CN=CC1. The highest BCUT2D eigenvalue weighted by molar-refractivity contribution is 5.65. The fraction of sp³-hybridized carbons (Fsp3) is 0.500. The Hall–Kier alpha value is -3.29. The summed E-state index contributed by atoms with van der Waals surface area (Å²) in [7, 11) is 0. The summed E-state index contributed by atoms with van der Waals surface area (Å²) >= 11 is 0. The first kappa shape index (κ1) is 22.5. The molecule has 8 heteroatoms. The Morgan fingerprint density at radius 3 is 2.76 bits per heavy atom. The molecule has 3 atom stereocenters. The zero-order chi connectivity index (χ0) is 23.7. The van der Waals surface area contributed by atoms with Gasteiger partial charge in [-0.05, 0) is 54.4 Å². The molecule has 1 aromatic carbocycles. The van der Waals surface area contributed by atoms with Gasteiger partial charge in [0.2, 0.25) is 5.82 Å². The lowest BCUT2D eigenvalue weighted by Gasteiger charge is -2.41. The van der Waals surface area contributed by atoms with Crippen molar-refractivity contribution >= 4 is 6.21 Å². The van der Waals surface area contributed by atoms with Gasteiger partial charge in [0.05, 0.1) is 0 Å². The van der Waals surface area contributed by atoms with Crippen molar-refractivity contribution in [3.63, 3.8) is 0 Å². The lowest BCUT2D eigenvalue weighted by atomic mass is 9.72. The van der Waals surface area contributed by atoms with Crippen molar-refractivity contribution in [2.24, 2.45) is 16.8 Å². The van der Waals surface area contributed by atoms with E-state index in [1.54, 1.807) is 0 Å². The van der Waals surface area contributed by atoms with E-state index in [-0.39, 0.29) is 17.1 Å². The molecule has 1 aliphatic heterocycles. The Kier molecular flexibility index (Phi) is 6.06. The van der Waals surface area contributed by atoms with Gasteiger partial charge in [-0.1, -0.05) is 51.5 Å². The number of nitrogens with zero attached hydrogens (tertiary/aromatic N) is 6. The monoisotopic (exact) mass is 459 g/mol. The average Bonchev–Trinajstić information content (AvgIpc) is 3.48. The number of hydrogen-bond donors (Lipinski definition) is 1. The number of hydrogen-bond acceptors (Lipinski definition) is 5. The van der Waals surface area contributed by atoms with Gasteiger partial charge in [0.15, 0.2) is 0 Å². The maximum Gasteiger partial charge on any atom is 0.328 e. The number of aromatic nitrogens is 6. The second kappa shape index (κ2) is 9.16. The number of rotatable bonds is 8. The largest absolute Gasteiger partial charge is 0.328 e. The molecule has 1 saturated carbocycles. The Morgan fingerprint density at radius 1 is 1.24 bits per heavy atom. The quantitative estimate of drug-likeness (QED) is 0.543. The van der Waals surface area contributed by atoms with Crippen LogP contribution in [0.1, 0.15) is 63.8 Å². The summed E-state index contributed by atoms with van der Waals surface area (Å²) in [5.41, 5.74) is 2.87. The van der Waals surface area contributed by atoms with E-state index >= 15 is 0 Å². The van der Waals surface area contributed by atoms with Crippen LogP contribution >= 0.6 is 0 Å². The molecule has 1 fully saturated rings. The second-order valence-corrected chi connectivity index (χ2v) is 10.0. The zero-order valence-electron chi connectivity index (χ0n) is 20.2. The van der Waals surface area contributed by atoms with Crippen LogP contribution in [0.25, 0.3) is 11.4 Å². The molecule has 0 spiro atoms. The lowest BCUT2D eigenvalue weighted by molar-refractivity contribution is 0.107. The van der Waals surface area contributed by atoms with Gasteiger partial charge >= 0.3 is 5.69 Å². The number of aliphatic imine (C=N–C) groups is 1. The zero-order valence-corrected chi connectivity index (χ0v) is 20.2. The molecule has 1 N–H and O–H groups in total. The third kappa shape index (κ3) is 3.95. The van der Waals surface area contributed by atoms with E-state index in [1.165, 1.54) is 6.42 Å². The number of aryl methyl sites for hydroxylation is 1. The summed E-state index contributed by atoms with van der Waals surface area (Å²) in [6, 6.07) is 8.52. The molecule has 8 nitrogen and oxygen atoms in total. The summed E-state index contributed by atoms with van der Waals surface area (Å²) in [5.74, 6) is 1.63. The first-order valence-electron chi connectivity index (χ1n) is 12.4. The van der Waals surface area contributed by atoms with E-state index in [4.69, 9.17) is 0 Å². The maximum atomic E-state index is 13.8. The Bertz CT molecular complexity index is 1240. The fourth-order valence-corrected chi connectivity index (χ4v) is 5.75. The van der Waals surface area contributed by atoms with Gasteiger partial charge in [0.1, 0.15) is 0 Å². The van der Waals surface area contributed by atoms with Gasteiger partial charge in [-0.25, -0.2) is 4.79 Å². The average molecular weight is 460 g/mol. The van der Waals surface area contributed by atoms with Crippen LogP contribution in [0.15, 0.2) is 52.5 Å². The van der Waals surface area contributed by atoms with Crippen molar-refractivity contribution < 1.29 is 0 Å². The Balaban J connectivity index is 1.57. The number of unbranched alkanes of at least 4 members (excludes halogenated alkanes) is 1. The number of aromatic amines is 1. The molecule has 1 aliphatic carbocycles. The van der Waals surface area contributed by atoms with Crippen LogP contribution in [0.4, 0.5) is 0 Å². The fourth-order valence-electron chi connectivity index (χ4n) is 5.75. The highest BCUT2D eigenvalue weighted by Gasteiger charge is 2.39. The molecule has 0 saturated heterocycles. The normalized spacial score (nSPS) is 26.0. The van der Waals surface area contributed by atoms with E-state index in [2.05, 4.69) is 70.8 Å². The van der Waals surface area contributed by atoms with Crippen LogP contribution in [-0.4, -0.2) is 36.0 Å². The summed E-state index contributed by atoms with van der Waals surface area (Å²) in [6.07, 6.45) is 13.1. The molecule has 34 heavy (non-hydrogen) atoms. The van der Waals surface area contributed by atoms with E-state index in [0.29, 0.717) is 24.2 Å². The first-order chi connectivity index (χ1) is 16.5. The van der Waals surface area contributed by atoms with Crippen molar-refractivity contribution in [2.45, 2.75) is 70.9 Å². The topological polar surface area (TPSA) is 93.8 Å². The third-order valence-corrected chi connectivity index (χ3v) is 7.63. The predicted molar refractivity (Wildman–Crippen MR) is 133 cm³/mol. The molecule has 2 aromatic heterocycles. The van der Waals surface area contributed by atoms with Crippen LogP contribution < -0.4 is 5.69 Å².